The van der Waals surface area contributed by atoms with Gasteiger partial charge in [0.05, 0.1) is 5.92 Å². The molecule has 6 nitrogen and oxygen atoms in total. The molecule has 21 heavy (non-hydrogen) atoms. The van der Waals surface area contributed by atoms with E-state index in [2.05, 4.69) is 5.32 Å². The Morgan fingerprint density at radius 2 is 1.95 bits per heavy atom. The van der Waals surface area contributed by atoms with E-state index in [-0.39, 0.29) is 36.0 Å². The molecule has 0 aromatic heterocycles. The quantitative estimate of drug-likeness (QED) is 0.761. The van der Waals surface area contributed by atoms with Gasteiger partial charge in [0, 0.05) is 32.0 Å². The van der Waals surface area contributed by atoms with Crippen molar-refractivity contribution in [1.29, 1.82) is 0 Å². The summed E-state index contributed by atoms with van der Waals surface area (Å²) in [5.41, 5.74) is 0. The number of rotatable bonds is 6. The van der Waals surface area contributed by atoms with E-state index < -0.39 is 5.97 Å². The van der Waals surface area contributed by atoms with Gasteiger partial charge in [-0.2, -0.15) is 0 Å². The fraction of sp³-hybridized carbons (Fsp3) is 0.800. The van der Waals surface area contributed by atoms with Crippen molar-refractivity contribution in [2.45, 2.75) is 39.0 Å². The minimum Gasteiger partial charge on any atom is -0.481 e. The highest BCUT2D eigenvalue weighted by Crippen LogP contribution is 2.32. The van der Waals surface area contributed by atoms with Gasteiger partial charge in [0.2, 0.25) is 11.8 Å². The van der Waals surface area contributed by atoms with Gasteiger partial charge in [0.15, 0.2) is 0 Å². The van der Waals surface area contributed by atoms with Crippen LogP contribution in [0.5, 0.6) is 0 Å². The van der Waals surface area contributed by atoms with Crippen LogP contribution in [0.4, 0.5) is 0 Å². The number of nitrogens with one attached hydrogen (secondary N) is 1. The number of carboxylic acid groups (broad SMARTS) is 1. The van der Waals surface area contributed by atoms with E-state index in [1.165, 1.54) is 0 Å². The van der Waals surface area contributed by atoms with Crippen LogP contribution < -0.4 is 5.32 Å². The zero-order valence-corrected chi connectivity index (χ0v) is 12.5. The molecule has 1 aliphatic heterocycles. The Kier molecular flexibility index (Phi) is 5.20. The number of amides is 2. The fourth-order valence-electron chi connectivity index (χ4n) is 2.77. The van der Waals surface area contributed by atoms with Gasteiger partial charge in [0.25, 0.3) is 0 Å². The van der Waals surface area contributed by atoms with E-state index >= 15 is 0 Å². The first-order valence-corrected chi connectivity index (χ1v) is 7.75. The molecule has 0 aromatic rings. The second kappa shape index (κ2) is 6.91. The lowest BCUT2D eigenvalue weighted by molar-refractivity contribution is -0.139. The van der Waals surface area contributed by atoms with Crippen LogP contribution in [0, 0.1) is 17.8 Å². The average Bonchev–Trinajstić information content (AvgIpc) is 3.28. The standard InChI is InChI=1S/C15H24N2O4/c1-10(7-13(18)19)8-16-14(20)12-3-2-6-17(9-12)15(21)11-4-5-11/h10-12H,2-9H2,1H3,(H,16,20)(H,18,19). The molecule has 2 amide bonds. The van der Waals surface area contributed by atoms with Gasteiger partial charge in [0.1, 0.15) is 0 Å². The topological polar surface area (TPSA) is 86.7 Å². The molecule has 118 valence electrons. The minimum atomic E-state index is -0.851. The van der Waals surface area contributed by atoms with Crippen LogP contribution in [0.25, 0.3) is 0 Å². The predicted molar refractivity (Wildman–Crippen MR) is 76.5 cm³/mol. The first kappa shape index (κ1) is 15.8. The number of hydrogen-bond acceptors (Lipinski definition) is 3. The lowest BCUT2D eigenvalue weighted by atomic mass is 9.96. The van der Waals surface area contributed by atoms with Gasteiger partial charge in [-0.05, 0) is 31.6 Å². The zero-order chi connectivity index (χ0) is 15.4. The second-order valence-electron chi connectivity index (χ2n) is 6.35. The van der Waals surface area contributed by atoms with Crippen molar-refractivity contribution in [2.24, 2.45) is 17.8 Å². The maximum atomic E-state index is 12.1. The third kappa shape index (κ3) is 4.72. The number of aliphatic carboxylic acids is 1. The Balaban J connectivity index is 1.76. The van der Waals surface area contributed by atoms with Crippen molar-refractivity contribution < 1.29 is 19.5 Å². The smallest absolute Gasteiger partial charge is 0.303 e. The zero-order valence-electron chi connectivity index (χ0n) is 12.5. The Labute approximate surface area is 124 Å². The summed E-state index contributed by atoms with van der Waals surface area (Å²) in [7, 11) is 0. The molecule has 2 atom stereocenters. The Morgan fingerprint density at radius 1 is 1.24 bits per heavy atom. The van der Waals surface area contributed by atoms with E-state index in [0.717, 1.165) is 32.2 Å². The van der Waals surface area contributed by atoms with Crippen LogP contribution in [-0.2, 0) is 14.4 Å². The van der Waals surface area contributed by atoms with Crippen molar-refractivity contribution >= 4 is 17.8 Å². The lowest BCUT2D eigenvalue weighted by Crippen LogP contribution is -2.46. The first-order chi connectivity index (χ1) is 9.97. The summed E-state index contributed by atoms with van der Waals surface area (Å²) in [5, 5.41) is 11.5. The SMILES string of the molecule is CC(CNC(=O)C1CCCN(C(=O)C2CC2)C1)CC(=O)O. The molecule has 0 spiro atoms. The molecule has 0 aromatic carbocycles. The average molecular weight is 296 g/mol. The van der Waals surface area contributed by atoms with Crippen molar-refractivity contribution in [1.82, 2.24) is 10.2 Å². The van der Waals surface area contributed by atoms with Gasteiger partial charge < -0.3 is 15.3 Å². The van der Waals surface area contributed by atoms with Gasteiger partial charge >= 0.3 is 5.97 Å². The molecule has 1 saturated carbocycles. The van der Waals surface area contributed by atoms with Crippen molar-refractivity contribution in [3.8, 4) is 0 Å². The van der Waals surface area contributed by atoms with Crippen LogP contribution in [0.1, 0.15) is 39.0 Å². The number of carboxylic acids is 1. The molecule has 2 N–H and O–H groups in total. The third-order valence-electron chi connectivity index (χ3n) is 4.18. The maximum absolute atomic E-state index is 12.1. The van der Waals surface area contributed by atoms with E-state index in [1.54, 1.807) is 6.92 Å². The summed E-state index contributed by atoms with van der Waals surface area (Å²) >= 11 is 0. The van der Waals surface area contributed by atoms with Gasteiger partial charge in [-0.15, -0.1) is 0 Å². The molecule has 2 rings (SSSR count). The van der Waals surface area contributed by atoms with Crippen LogP contribution >= 0.6 is 0 Å². The summed E-state index contributed by atoms with van der Waals surface area (Å²) < 4.78 is 0. The van der Waals surface area contributed by atoms with Gasteiger partial charge in [-0.1, -0.05) is 6.92 Å². The van der Waals surface area contributed by atoms with Crippen molar-refractivity contribution in [2.75, 3.05) is 19.6 Å². The maximum Gasteiger partial charge on any atom is 0.303 e. The highest BCUT2D eigenvalue weighted by Gasteiger charge is 2.36. The monoisotopic (exact) mass is 296 g/mol. The summed E-state index contributed by atoms with van der Waals surface area (Å²) in [5.74, 6) is -0.747. The van der Waals surface area contributed by atoms with E-state index in [4.69, 9.17) is 5.11 Å². The number of piperidine rings is 1. The summed E-state index contributed by atoms with van der Waals surface area (Å²) in [6.45, 7) is 3.44. The van der Waals surface area contributed by atoms with Crippen molar-refractivity contribution in [3.63, 3.8) is 0 Å². The highest BCUT2D eigenvalue weighted by atomic mass is 16.4. The number of nitrogens with zero attached hydrogens (tertiary/aromatic N) is 1. The molecule has 0 radical (unpaired) electrons. The first-order valence-electron chi connectivity index (χ1n) is 7.75. The molecule has 6 heteroatoms. The van der Waals surface area contributed by atoms with Crippen LogP contribution in [0.15, 0.2) is 0 Å². The lowest BCUT2D eigenvalue weighted by Gasteiger charge is -2.32. The Morgan fingerprint density at radius 3 is 2.57 bits per heavy atom. The Hall–Kier alpha value is -1.59. The van der Waals surface area contributed by atoms with E-state index in [0.29, 0.717) is 13.1 Å². The van der Waals surface area contributed by atoms with Gasteiger partial charge in [-0.25, -0.2) is 0 Å². The molecular weight excluding hydrogens is 272 g/mol. The Bertz CT molecular complexity index is 420. The molecule has 1 saturated heterocycles. The summed E-state index contributed by atoms with van der Waals surface area (Å²) in [4.78, 5) is 36.6. The van der Waals surface area contributed by atoms with Gasteiger partial charge in [-0.3, -0.25) is 14.4 Å². The molecule has 2 fully saturated rings. The van der Waals surface area contributed by atoms with E-state index in [1.807, 2.05) is 4.90 Å². The number of carbonyl (C=O) groups excluding carboxylic acids is 2. The molecule has 2 aliphatic rings. The van der Waals surface area contributed by atoms with Crippen LogP contribution in [0.2, 0.25) is 0 Å². The summed E-state index contributed by atoms with van der Waals surface area (Å²) in [6.07, 6.45) is 3.68. The largest absolute Gasteiger partial charge is 0.481 e. The van der Waals surface area contributed by atoms with Crippen LogP contribution in [-0.4, -0.2) is 47.4 Å². The van der Waals surface area contributed by atoms with E-state index in [9.17, 15) is 14.4 Å². The molecule has 1 aliphatic carbocycles. The molecule has 2 unspecified atom stereocenters. The number of hydrogen-bond donors (Lipinski definition) is 2. The highest BCUT2D eigenvalue weighted by molar-refractivity contribution is 5.83. The molecular formula is C15H24N2O4. The number of carbonyl (C=O) groups is 3. The fourth-order valence-corrected chi connectivity index (χ4v) is 2.77. The third-order valence-corrected chi connectivity index (χ3v) is 4.18. The molecule has 0 bridgehead atoms. The molecule has 1 heterocycles. The summed E-state index contributed by atoms with van der Waals surface area (Å²) in [6, 6.07) is 0. The second-order valence-corrected chi connectivity index (χ2v) is 6.35. The minimum absolute atomic E-state index is 0.0528. The number of likely N-dealkylation sites (tertiary alicyclic amines) is 1. The predicted octanol–water partition coefficient (Wildman–Crippen LogP) is 0.862. The van der Waals surface area contributed by atoms with Crippen molar-refractivity contribution in [3.05, 3.63) is 0 Å². The van der Waals surface area contributed by atoms with Crippen LogP contribution in [0.3, 0.4) is 0 Å². The normalized spacial score (nSPS) is 23.5.